The minimum absolute atomic E-state index is 0.0696. The number of nitrogens with zero attached hydrogens (tertiary/aromatic N) is 2. The Morgan fingerprint density at radius 2 is 2.00 bits per heavy atom. The van der Waals surface area contributed by atoms with Crippen molar-refractivity contribution < 1.29 is 4.79 Å². The Morgan fingerprint density at radius 1 is 1.28 bits per heavy atom. The highest BCUT2D eigenvalue weighted by atomic mass is 16.2. The van der Waals surface area contributed by atoms with Crippen molar-refractivity contribution in [1.29, 1.82) is 0 Å². The van der Waals surface area contributed by atoms with Crippen molar-refractivity contribution in [2.75, 3.05) is 13.1 Å². The fourth-order valence-corrected chi connectivity index (χ4v) is 3.32. The molecule has 0 bridgehead atoms. The molecule has 3 nitrogen and oxygen atoms in total. The van der Waals surface area contributed by atoms with E-state index in [0.29, 0.717) is 0 Å². The number of carbonyl (C=O) groups is 1. The SMILES string of the molecule is CC(c1ccccc1)N1CC2(C)CCCN2C1=O. The Morgan fingerprint density at radius 3 is 2.67 bits per heavy atom. The topological polar surface area (TPSA) is 23.6 Å². The average molecular weight is 244 g/mol. The standard InChI is InChI=1S/C15H20N2O/c1-12(13-7-4-3-5-8-13)16-11-15(2)9-6-10-17(15)14(16)18/h3-5,7-8,12H,6,9-11H2,1-2H3. The van der Waals surface area contributed by atoms with Gasteiger partial charge in [0, 0.05) is 13.1 Å². The highest BCUT2D eigenvalue weighted by Gasteiger charge is 2.50. The molecule has 2 saturated heterocycles. The predicted molar refractivity (Wildman–Crippen MR) is 71.3 cm³/mol. The summed E-state index contributed by atoms with van der Waals surface area (Å²) in [6.45, 7) is 6.13. The van der Waals surface area contributed by atoms with Crippen LogP contribution in [0.4, 0.5) is 4.79 Å². The summed E-state index contributed by atoms with van der Waals surface area (Å²) in [5.74, 6) is 0. The first-order valence-corrected chi connectivity index (χ1v) is 6.75. The van der Waals surface area contributed by atoms with Gasteiger partial charge in [0.05, 0.1) is 11.6 Å². The summed E-state index contributed by atoms with van der Waals surface area (Å²) in [6, 6.07) is 10.7. The largest absolute Gasteiger partial charge is 0.321 e. The zero-order chi connectivity index (χ0) is 12.8. The summed E-state index contributed by atoms with van der Waals surface area (Å²) in [5, 5.41) is 0. The van der Waals surface area contributed by atoms with Crippen LogP contribution >= 0.6 is 0 Å². The molecule has 0 spiro atoms. The summed E-state index contributed by atoms with van der Waals surface area (Å²) in [5.41, 5.74) is 1.29. The van der Waals surface area contributed by atoms with Crippen molar-refractivity contribution in [3.05, 3.63) is 35.9 Å². The lowest BCUT2D eigenvalue weighted by molar-refractivity contribution is 0.178. The number of fused-ring (bicyclic) bond motifs is 1. The zero-order valence-corrected chi connectivity index (χ0v) is 11.1. The smallest absolute Gasteiger partial charge is 0.317 e. The van der Waals surface area contributed by atoms with Crippen molar-refractivity contribution in [2.24, 2.45) is 0 Å². The van der Waals surface area contributed by atoms with Crippen molar-refractivity contribution in [3.63, 3.8) is 0 Å². The molecule has 2 atom stereocenters. The van der Waals surface area contributed by atoms with Crippen molar-refractivity contribution in [2.45, 2.75) is 38.3 Å². The third-order valence-corrected chi connectivity index (χ3v) is 4.49. The number of carbonyl (C=O) groups excluding carboxylic acids is 1. The predicted octanol–water partition coefficient (Wildman–Crippen LogP) is 3.04. The van der Waals surface area contributed by atoms with Gasteiger partial charge in [-0.2, -0.15) is 0 Å². The van der Waals surface area contributed by atoms with Gasteiger partial charge >= 0.3 is 6.03 Å². The van der Waals surface area contributed by atoms with E-state index in [1.165, 1.54) is 5.56 Å². The van der Waals surface area contributed by atoms with E-state index in [2.05, 4.69) is 30.9 Å². The molecule has 0 saturated carbocycles. The Balaban J connectivity index is 1.85. The van der Waals surface area contributed by atoms with Crippen LogP contribution in [-0.4, -0.2) is 34.5 Å². The highest BCUT2D eigenvalue weighted by molar-refractivity contribution is 5.79. The molecule has 2 heterocycles. The van der Waals surface area contributed by atoms with Gasteiger partial charge in [0.2, 0.25) is 0 Å². The second-order valence-electron chi connectivity index (χ2n) is 5.75. The summed E-state index contributed by atoms with van der Waals surface area (Å²) < 4.78 is 0. The second-order valence-corrected chi connectivity index (χ2v) is 5.75. The van der Waals surface area contributed by atoms with Gasteiger partial charge in [-0.3, -0.25) is 0 Å². The highest BCUT2D eigenvalue weighted by Crippen LogP contribution is 2.39. The van der Waals surface area contributed by atoms with E-state index in [0.717, 1.165) is 25.9 Å². The van der Waals surface area contributed by atoms with Gasteiger partial charge in [0.25, 0.3) is 0 Å². The van der Waals surface area contributed by atoms with Crippen LogP contribution in [0, 0.1) is 0 Å². The normalized spacial score (nSPS) is 28.7. The Labute approximate surface area is 108 Å². The summed E-state index contributed by atoms with van der Waals surface area (Å²) in [7, 11) is 0. The van der Waals surface area contributed by atoms with Crippen molar-refractivity contribution in [3.8, 4) is 0 Å². The summed E-state index contributed by atoms with van der Waals surface area (Å²) in [6.07, 6.45) is 2.28. The van der Waals surface area contributed by atoms with E-state index in [9.17, 15) is 4.79 Å². The molecular formula is C15H20N2O. The lowest BCUT2D eigenvalue weighted by atomic mass is 9.99. The van der Waals surface area contributed by atoms with Gasteiger partial charge in [-0.25, -0.2) is 4.79 Å². The van der Waals surface area contributed by atoms with Gasteiger partial charge in [-0.15, -0.1) is 0 Å². The van der Waals surface area contributed by atoms with Gasteiger partial charge in [0.1, 0.15) is 0 Å². The molecule has 2 amide bonds. The van der Waals surface area contributed by atoms with E-state index < -0.39 is 0 Å². The molecule has 0 radical (unpaired) electrons. The maximum absolute atomic E-state index is 12.5. The van der Waals surface area contributed by atoms with Gasteiger partial charge in [-0.05, 0) is 32.3 Å². The molecule has 0 aliphatic carbocycles. The molecule has 18 heavy (non-hydrogen) atoms. The molecule has 0 aromatic heterocycles. The van der Waals surface area contributed by atoms with Crippen LogP contribution in [0.2, 0.25) is 0 Å². The second kappa shape index (κ2) is 4.01. The number of rotatable bonds is 2. The zero-order valence-electron chi connectivity index (χ0n) is 11.1. The maximum atomic E-state index is 12.5. The van der Waals surface area contributed by atoms with Crippen LogP contribution in [0.15, 0.2) is 30.3 Å². The Kier molecular flexibility index (Phi) is 2.58. The number of urea groups is 1. The summed E-state index contributed by atoms with van der Waals surface area (Å²) in [4.78, 5) is 16.5. The first-order chi connectivity index (χ1) is 8.62. The number of amides is 2. The third kappa shape index (κ3) is 1.61. The first kappa shape index (κ1) is 11.6. The van der Waals surface area contributed by atoms with Crippen LogP contribution in [0.5, 0.6) is 0 Å². The number of hydrogen-bond acceptors (Lipinski definition) is 1. The minimum atomic E-state index is 0.0696. The molecule has 2 unspecified atom stereocenters. The quantitative estimate of drug-likeness (QED) is 0.784. The molecule has 1 aromatic carbocycles. The van der Waals surface area contributed by atoms with Crippen LogP contribution in [-0.2, 0) is 0 Å². The average Bonchev–Trinajstić information content (AvgIpc) is 2.87. The van der Waals surface area contributed by atoms with E-state index in [-0.39, 0.29) is 17.6 Å². The number of benzene rings is 1. The maximum Gasteiger partial charge on any atom is 0.321 e. The molecule has 1 aromatic rings. The molecule has 96 valence electrons. The molecule has 2 aliphatic rings. The molecule has 2 fully saturated rings. The van der Waals surface area contributed by atoms with Crippen LogP contribution in [0.3, 0.4) is 0 Å². The van der Waals surface area contributed by atoms with E-state index in [4.69, 9.17) is 0 Å². The Bertz CT molecular complexity index is 459. The lowest BCUT2D eigenvalue weighted by Gasteiger charge is -2.25. The minimum Gasteiger partial charge on any atom is -0.317 e. The molecule has 3 rings (SSSR count). The molecule has 0 N–H and O–H groups in total. The van der Waals surface area contributed by atoms with Crippen LogP contribution in [0.1, 0.15) is 38.3 Å². The number of hydrogen-bond donors (Lipinski definition) is 0. The molecular weight excluding hydrogens is 224 g/mol. The summed E-state index contributed by atoms with van der Waals surface area (Å²) >= 11 is 0. The van der Waals surface area contributed by atoms with E-state index in [1.807, 2.05) is 23.1 Å². The van der Waals surface area contributed by atoms with Gasteiger partial charge in [-0.1, -0.05) is 30.3 Å². The van der Waals surface area contributed by atoms with Crippen LogP contribution in [0.25, 0.3) is 0 Å². The molecule has 3 heteroatoms. The van der Waals surface area contributed by atoms with Gasteiger partial charge in [0.15, 0.2) is 0 Å². The fraction of sp³-hybridized carbons (Fsp3) is 0.533. The van der Waals surface area contributed by atoms with E-state index in [1.54, 1.807) is 0 Å². The van der Waals surface area contributed by atoms with Crippen molar-refractivity contribution in [1.82, 2.24) is 9.80 Å². The Hall–Kier alpha value is -1.51. The third-order valence-electron chi connectivity index (χ3n) is 4.49. The lowest BCUT2D eigenvalue weighted by Crippen LogP contribution is -2.38. The molecule has 2 aliphatic heterocycles. The van der Waals surface area contributed by atoms with Crippen molar-refractivity contribution >= 4 is 6.03 Å². The monoisotopic (exact) mass is 244 g/mol. The van der Waals surface area contributed by atoms with E-state index >= 15 is 0 Å². The van der Waals surface area contributed by atoms with Gasteiger partial charge < -0.3 is 9.80 Å². The van der Waals surface area contributed by atoms with Crippen LogP contribution < -0.4 is 0 Å². The fourth-order valence-electron chi connectivity index (χ4n) is 3.32. The first-order valence-electron chi connectivity index (χ1n) is 6.75.